The lowest BCUT2D eigenvalue weighted by Gasteiger charge is -2.13. The van der Waals surface area contributed by atoms with E-state index in [-0.39, 0.29) is 18.9 Å². The smallest absolute Gasteiger partial charge is 0.315 e. The molecule has 0 radical (unpaired) electrons. The average Bonchev–Trinajstić information content (AvgIpc) is 3.15. The second-order valence-corrected chi connectivity index (χ2v) is 5.42. The van der Waals surface area contributed by atoms with Gasteiger partial charge >= 0.3 is 6.03 Å². The van der Waals surface area contributed by atoms with Crippen molar-refractivity contribution in [2.75, 3.05) is 6.54 Å². The van der Waals surface area contributed by atoms with Crippen molar-refractivity contribution >= 4 is 6.03 Å². The molecular formula is C15H18FN5O2. The van der Waals surface area contributed by atoms with Crippen LogP contribution < -0.4 is 10.6 Å². The third-order valence-electron chi connectivity index (χ3n) is 3.80. The number of amides is 2. The first-order chi connectivity index (χ1) is 11.1. The number of rotatable bonds is 5. The van der Waals surface area contributed by atoms with Crippen LogP contribution >= 0.6 is 0 Å². The molecule has 2 amide bonds. The van der Waals surface area contributed by atoms with E-state index < -0.39 is 12.1 Å². The van der Waals surface area contributed by atoms with Crippen LogP contribution in [0.1, 0.15) is 29.7 Å². The van der Waals surface area contributed by atoms with Gasteiger partial charge in [-0.15, -0.1) is 10.2 Å². The van der Waals surface area contributed by atoms with Gasteiger partial charge in [-0.1, -0.05) is 12.1 Å². The molecule has 1 aliphatic rings. The lowest BCUT2D eigenvalue weighted by Crippen LogP contribution is -2.37. The number of urea groups is 1. The number of carbonyl (C=O) groups excluding carboxylic acids is 1. The summed E-state index contributed by atoms with van der Waals surface area (Å²) in [5.41, 5.74) is 0.543. The van der Waals surface area contributed by atoms with Gasteiger partial charge in [0, 0.05) is 19.5 Å². The Bertz CT molecular complexity index is 686. The molecule has 1 aliphatic heterocycles. The second-order valence-electron chi connectivity index (χ2n) is 5.42. The molecular weight excluding hydrogens is 301 g/mol. The molecule has 23 heavy (non-hydrogen) atoms. The minimum Gasteiger partial charge on any atom is -0.387 e. The summed E-state index contributed by atoms with van der Waals surface area (Å²) in [4.78, 5) is 11.8. The molecule has 3 N–H and O–H groups in total. The number of hydrogen-bond acceptors (Lipinski definition) is 4. The van der Waals surface area contributed by atoms with Crippen molar-refractivity contribution in [3.05, 3.63) is 47.3 Å². The third-order valence-corrected chi connectivity index (χ3v) is 3.80. The van der Waals surface area contributed by atoms with Crippen LogP contribution in [0.15, 0.2) is 24.3 Å². The number of aliphatic hydroxyl groups excluding tert-OH is 1. The number of aliphatic hydroxyl groups is 1. The van der Waals surface area contributed by atoms with E-state index in [9.17, 15) is 14.3 Å². The highest BCUT2D eigenvalue weighted by molar-refractivity contribution is 5.73. The summed E-state index contributed by atoms with van der Waals surface area (Å²) in [5, 5.41) is 23.3. The monoisotopic (exact) mass is 319 g/mol. The van der Waals surface area contributed by atoms with Crippen LogP contribution in [-0.4, -0.2) is 32.4 Å². The minimum absolute atomic E-state index is 0.0371. The fourth-order valence-corrected chi connectivity index (χ4v) is 2.56. The number of aryl methyl sites for hydroxylation is 1. The maximum atomic E-state index is 12.8. The molecule has 0 unspecified atom stereocenters. The molecule has 1 aromatic heterocycles. The van der Waals surface area contributed by atoms with E-state index in [1.54, 1.807) is 0 Å². The molecule has 1 atom stereocenters. The van der Waals surface area contributed by atoms with Crippen molar-refractivity contribution in [1.82, 2.24) is 25.4 Å². The van der Waals surface area contributed by atoms with Gasteiger partial charge in [-0.2, -0.15) is 0 Å². The summed E-state index contributed by atoms with van der Waals surface area (Å²) < 4.78 is 14.8. The Hall–Kier alpha value is -2.48. The summed E-state index contributed by atoms with van der Waals surface area (Å²) in [6.45, 7) is 1.20. The highest BCUT2D eigenvalue weighted by atomic mass is 19.1. The van der Waals surface area contributed by atoms with Crippen LogP contribution in [0.4, 0.5) is 9.18 Å². The zero-order valence-corrected chi connectivity index (χ0v) is 12.5. The first-order valence-corrected chi connectivity index (χ1v) is 7.49. The predicted molar refractivity (Wildman–Crippen MR) is 79.9 cm³/mol. The third kappa shape index (κ3) is 3.65. The number of aromatic nitrogens is 3. The minimum atomic E-state index is -0.890. The topological polar surface area (TPSA) is 92.1 Å². The van der Waals surface area contributed by atoms with E-state index in [1.165, 1.54) is 24.3 Å². The van der Waals surface area contributed by atoms with Gasteiger partial charge < -0.3 is 20.3 Å². The van der Waals surface area contributed by atoms with Gasteiger partial charge in [0.2, 0.25) is 0 Å². The number of fused-ring (bicyclic) bond motifs is 1. The highest BCUT2D eigenvalue weighted by Gasteiger charge is 2.17. The molecule has 0 spiro atoms. The molecule has 2 heterocycles. The van der Waals surface area contributed by atoms with Gasteiger partial charge in [0.1, 0.15) is 11.6 Å². The molecule has 122 valence electrons. The van der Waals surface area contributed by atoms with Crippen LogP contribution in [0.25, 0.3) is 0 Å². The van der Waals surface area contributed by atoms with Crippen molar-refractivity contribution < 1.29 is 14.3 Å². The van der Waals surface area contributed by atoms with Crippen molar-refractivity contribution in [1.29, 1.82) is 0 Å². The molecule has 0 fully saturated rings. The van der Waals surface area contributed by atoms with E-state index in [0.29, 0.717) is 5.56 Å². The second kappa shape index (κ2) is 6.74. The summed E-state index contributed by atoms with van der Waals surface area (Å²) in [5.74, 6) is 1.31. The zero-order chi connectivity index (χ0) is 16.2. The summed E-state index contributed by atoms with van der Waals surface area (Å²) in [6.07, 6.45) is 1.08. The van der Waals surface area contributed by atoms with E-state index in [4.69, 9.17) is 0 Å². The fourth-order valence-electron chi connectivity index (χ4n) is 2.56. The standard InChI is InChI=1S/C15H18FN5O2/c16-11-5-3-10(4-6-11)12(22)8-17-15(23)18-9-14-20-19-13-2-1-7-21(13)14/h3-6,12,22H,1-2,7-9H2,(H2,17,18,23)/t12-/m0/s1. The quantitative estimate of drug-likeness (QED) is 0.763. The molecule has 2 aromatic rings. The Balaban J connectivity index is 1.45. The lowest BCUT2D eigenvalue weighted by atomic mass is 10.1. The molecule has 3 rings (SSSR count). The van der Waals surface area contributed by atoms with E-state index >= 15 is 0 Å². The van der Waals surface area contributed by atoms with Crippen LogP contribution in [-0.2, 0) is 19.5 Å². The van der Waals surface area contributed by atoms with Crippen molar-refractivity contribution in [2.45, 2.75) is 32.0 Å². The summed E-state index contributed by atoms with van der Waals surface area (Å²) in [6, 6.07) is 5.11. The number of benzene rings is 1. The van der Waals surface area contributed by atoms with Gasteiger partial charge in [0.15, 0.2) is 5.82 Å². The number of nitrogens with one attached hydrogen (secondary N) is 2. The van der Waals surface area contributed by atoms with Crippen LogP contribution in [0, 0.1) is 5.82 Å². The first-order valence-electron chi connectivity index (χ1n) is 7.49. The maximum Gasteiger partial charge on any atom is 0.315 e. The number of nitrogens with zero attached hydrogens (tertiary/aromatic N) is 3. The van der Waals surface area contributed by atoms with Crippen LogP contribution in [0.3, 0.4) is 0 Å². The molecule has 7 nitrogen and oxygen atoms in total. The van der Waals surface area contributed by atoms with E-state index in [1.807, 2.05) is 4.57 Å². The summed E-state index contributed by atoms with van der Waals surface area (Å²) >= 11 is 0. The van der Waals surface area contributed by atoms with Crippen LogP contribution in [0.5, 0.6) is 0 Å². The fraction of sp³-hybridized carbons (Fsp3) is 0.400. The molecule has 0 saturated carbocycles. The van der Waals surface area contributed by atoms with Crippen molar-refractivity contribution in [3.8, 4) is 0 Å². The molecule has 0 bridgehead atoms. The predicted octanol–water partition coefficient (Wildman–Crippen LogP) is 0.896. The molecule has 0 aliphatic carbocycles. The normalized spacial score (nSPS) is 14.3. The Morgan fingerprint density at radius 3 is 2.87 bits per heavy atom. The number of carbonyl (C=O) groups is 1. The Kier molecular flexibility index (Phi) is 4.52. The van der Waals surface area contributed by atoms with Gasteiger partial charge in [0.05, 0.1) is 12.6 Å². The largest absolute Gasteiger partial charge is 0.387 e. The van der Waals surface area contributed by atoms with Gasteiger partial charge in [0.25, 0.3) is 0 Å². The Morgan fingerprint density at radius 2 is 2.09 bits per heavy atom. The van der Waals surface area contributed by atoms with Gasteiger partial charge in [-0.25, -0.2) is 9.18 Å². The average molecular weight is 319 g/mol. The zero-order valence-electron chi connectivity index (χ0n) is 12.5. The summed E-state index contributed by atoms with van der Waals surface area (Å²) in [7, 11) is 0. The SMILES string of the molecule is O=C(NCc1nnc2n1CCC2)NC[C@H](O)c1ccc(F)cc1. The number of halogens is 1. The first kappa shape index (κ1) is 15.4. The highest BCUT2D eigenvalue weighted by Crippen LogP contribution is 2.14. The van der Waals surface area contributed by atoms with E-state index in [0.717, 1.165) is 31.0 Å². The Morgan fingerprint density at radius 1 is 1.30 bits per heavy atom. The Labute approximate surface area is 132 Å². The van der Waals surface area contributed by atoms with Gasteiger partial charge in [-0.05, 0) is 24.1 Å². The van der Waals surface area contributed by atoms with Crippen molar-refractivity contribution in [2.24, 2.45) is 0 Å². The number of hydrogen-bond donors (Lipinski definition) is 3. The van der Waals surface area contributed by atoms with E-state index in [2.05, 4.69) is 20.8 Å². The molecule has 1 aromatic carbocycles. The molecule has 8 heteroatoms. The molecule has 0 saturated heterocycles. The maximum absolute atomic E-state index is 12.8. The van der Waals surface area contributed by atoms with Crippen molar-refractivity contribution in [3.63, 3.8) is 0 Å². The van der Waals surface area contributed by atoms with Crippen LogP contribution in [0.2, 0.25) is 0 Å². The van der Waals surface area contributed by atoms with Gasteiger partial charge in [-0.3, -0.25) is 0 Å². The lowest BCUT2D eigenvalue weighted by molar-refractivity contribution is 0.173.